The Balaban J connectivity index is 1.89. The molecule has 5 nitrogen and oxygen atoms in total. The van der Waals surface area contributed by atoms with Gasteiger partial charge in [-0.3, -0.25) is 4.90 Å². The molecule has 1 fully saturated rings. The summed E-state index contributed by atoms with van der Waals surface area (Å²) in [4.78, 5) is 15.9. The maximum Gasteiger partial charge on any atom is 0.165 e. The molecule has 0 spiro atoms. The molecule has 0 aliphatic heterocycles. The minimum atomic E-state index is 0.232. The zero-order valence-electron chi connectivity index (χ0n) is 15.4. The zero-order chi connectivity index (χ0) is 17.2. The fraction of sp³-hybridized carbons (Fsp3) is 0.632. The van der Waals surface area contributed by atoms with E-state index in [1.54, 1.807) is 6.33 Å². The molecule has 0 amide bonds. The molecule has 2 heterocycles. The average Bonchev–Trinajstić information content (AvgIpc) is 2.59. The molecule has 0 bridgehead atoms. The van der Waals surface area contributed by atoms with Crippen LogP contribution in [0.3, 0.4) is 0 Å². The van der Waals surface area contributed by atoms with E-state index in [1.165, 1.54) is 37.7 Å². The number of nitrogens with zero attached hydrogens (tertiary/aromatic N) is 4. The van der Waals surface area contributed by atoms with Crippen molar-refractivity contribution in [2.24, 2.45) is 0 Å². The van der Waals surface area contributed by atoms with Gasteiger partial charge in [0.05, 0.1) is 5.39 Å². The summed E-state index contributed by atoms with van der Waals surface area (Å²) in [6.07, 6.45) is 8.12. The Morgan fingerprint density at radius 1 is 1.17 bits per heavy atom. The van der Waals surface area contributed by atoms with E-state index < -0.39 is 0 Å². The molecule has 1 aliphatic rings. The number of likely N-dealkylation sites (N-methyl/N-ethyl adjacent to an activating group) is 1. The van der Waals surface area contributed by atoms with Crippen molar-refractivity contribution in [2.45, 2.75) is 58.4 Å². The largest absolute Gasteiger partial charge is 0.368 e. The quantitative estimate of drug-likeness (QED) is 0.907. The first kappa shape index (κ1) is 17.1. The number of aromatic nitrogens is 3. The third-order valence-corrected chi connectivity index (χ3v) is 5.58. The van der Waals surface area contributed by atoms with Gasteiger partial charge in [-0.15, -0.1) is 0 Å². The van der Waals surface area contributed by atoms with Crippen LogP contribution < -0.4 is 5.32 Å². The molecule has 0 aromatic carbocycles. The van der Waals surface area contributed by atoms with E-state index in [9.17, 15) is 0 Å². The lowest BCUT2D eigenvalue weighted by atomic mass is 9.80. The predicted octanol–water partition coefficient (Wildman–Crippen LogP) is 3.71. The van der Waals surface area contributed by atoms with Crippen molar-refractivity contribution in [3.8, 4) is 0 Å². The van der Waals surface area contributed by atoms with Crippen molar-refractivity contribution in [2.75, 3.05) is 25.5 Å². The lowest BCUT2D eigenvalue weighted by molar-refractivity contribution is 0.0923. The van der Waals surface area contributed by atoms with Crippen LogP contribution >= 0.6 is 0 Å². The lowest BCUT2D eigenvalue weighted by Gasteiger charge is -2.44. The van der Waals surface area contributed by atoms with Crippen molar-refractivity contribution in [1.82, 2.24) is 19.9 Å². The molecule has 0 atom stereocenters. The highest BCUT2D eigenvalue weighted by molar-refractivity contribution is 5.89. The molecule has 5 heteroatoms. The second-order valence-corrected chi connectivity index (χ2v) is 7.15. The van der Waals surface area contributed by atoms with Gasteiger partial charge in [0, 0.05) is 17.8 Å². The molecule has 0 saturated heterocycles. The number of nitrogens with one attached hydrogen (secondary N) is 1. The highest BCUT2D eigenvalue weighted by Gasteiger charge is 2.35. The summed E-state index contributed by atoms with van der Waals surface area (Å²) < 4.78 is 0. The molecule has 2 aromatic heterocycles. The summed E-state index contributed by atoms with van der Waals surface area (Å²) in [6, 6.07) is 2.10. The van der Waals surface area contributed by atoms with E-state index in [2.05, 4.69) is 52.1 Å². The molecule has 130 valence electrons. The number of hydrogen-bond acceptors (Lipinski definition) is 5. The van der Waals surface area contributed by atoms with Crippen LogP contribution in [0.15, 0.2) is 12.4 Å². The van der Waals surface area contributed by atoms with Crippen LogP contribution in [0.4, 0.5) is 5.82 Å². The van der Waals surface area contributed by atoms with Crippen molar-refractivity contribution >= 4 is 16.9 Å². The third-order valence-electron chi connectivity index (χ3n) is 5.58. The summed E-state index contributed by atoms with van der Waals surface area (Å²) in [5.74, 6) is 0.916. The summed E-state index contributed by atoms with van der Waals surface area (Å²) in [5, 5.41) is 4.69. The first-order chi connectivity index (χ1) is 11.6. The van der Waals surface area contributed by atoms with Gasteiger partial charge in [-0.25, -0.2) is 15.0 Å². The average molecular weight is 327 g/mol. The number of anilines is 1. The molecular formula is C19H29N5. The maximum atomic E-state index is 4.56. The van der Waals surface area contributed by atoms with E-state index >= 15 is 0 Å². The van der Waals surface area contributed by atoms with Gasteiger partial charge in [-0.1, -0.05) is 26.2 Å². The Bertz CT molecular complexity index is 706. The van der Waals surface area contributed by atoms with Gasteiger partial charge < -0.3 is 5.32 Å². The van der Waals surface area contributed by atoms with E-state index in [0.29, 0.717) is 0 Å². The predicted molar refractivity (Wildman–Crippen MR) is 99.4 cm³/mol. The van der Waals surface area contributed by atoms with Gasteiger partial charge >= 0.3 is 0 Å². The van der Waals surface area contributed by atoms with Gasteiger partial charge in [-0.05, 0) is 51.9 Å². The van der Waals surface area contributed by atoms with Gasteiger partial charge in [0.15, 0.2) is 5.65 Å². The molecular weight excluding hydrogens is 298 g/mol. The third kappa shape index (κ3) is 3.22. The van der Waals surface area contributed by atoms with Crippen LogP contribution in [0.1, 0.15) is 50.3 Å². The minimum absolute atomic E-state index is 0.232. The number of rotatable bonds is 5. The topological polar surface area (TPSA) is 53.9 Å². The van der Waals surface area contributed by atoms with Crippen LogP contribution in [0, 0.1) is 13.8 Å². The molecule has 0 radical (unpaired) electrons. The van der Waals surface area contributed by atoms with Crippen LogP contribution in [0.5, 0.6) is 0 Å². The van der Waals surface area contributed by atoms with Crippen LogP contribution in [0.25, 0.3) is 11.0 Å². The number of pyridine rings is 1. The van der Waals surface area contributed by atoms with Gasteiger partial charge in [0.25, 0.3) is 0 Å². The van der Waals surface area contributed by atoms with Crippen LogP contribution in [0.2, 0.25) is 0 Å². The van der Waals surface area contributed by atoms with Gasteiger partial charge in [-0.2, -0.15) is 0 Å². The fourth-order valence-electron chi connectivity index (χ4n) is 4.03. The maximum absolute atomic E-state index is 4.56. The second-order valence-electron chi connectivity index (χ2n) is 7.15. The Morgan fingerprint density at radius 2 is 1.92 bits per heavy atom. The Morgan fingerprint density at radius 3 is 2.62 bits per heavy atom. The Labute approximate surface area is 144 Å². The summed E-state index contributed by atoms with van der Waals surface area (Å²) in [7, 11) is 2.25. The number of aryl methyl sites for hydroxylation is 2. The Kier molecular flexibility index (Phi) is 4.99. The Hall–Kier alpha value is -1.75. The van der Waals surface area contributed by atoms with Crippen LogP contribution in [-0.4, -0.2) is 45.5 Å². The second kappa shape index (κ2) is 7.01. The van der Waals surface area contributed by atoms with Crippen molar-refractivity contribution < 1.29 is 0 Å². The molecule has 1 N–H and O–H groups in total. The highest BCUT2D eigenvalue weighted by atomic mass is 15.2. The highest BCUT2D eigenvalue weighted by Crippen LogP contribution is 2.33. The van der Waals surface area contributed by atoms with Crippen molar-refractivity contribution in [3.05, 3.63) is 23.7 Å². The van der Waals surface area contributed by atoms with E-state index in [1.807, 2.05) is 6.92 Å². The van der Waals surface area contributed by atoms with Gasteiger partial charge in [0.1, 0.15) is 12.1 Å². The van der Waals surface area contributed by atoms with Crippen molar-refractivity contribution in [3.63, 3.8) is 0 Å². The number of fused-ring (bicyclic) bond motifs is 1. The molecule has 3 rings (SSSR count). The van der Waals surface area contributed by atoms with E-state index in [4.69, 9.17) is 0 Å². The first-order valence-corrected chi connectivity index (χ1v) is 9.10. The summed E-state index contributed by atoms with van der Waals surface area (Å²) >= 11 is 0. The molecule has 24 heavy (non-hydrogen) atoms. The molecule has 2 aromatic rings. The summed E-state index contributed by atoms with van der Waals surface area (Å²) in [5.41, 5.74) is 3.20. The number of hydrogen-bond donors (Lipinski definition) is 1. The SMILES string of the molecule is CCN(C)C1(CNc2ncnc3nc(C)cc(C)c23)CCCCC1. The van der Waals surface area contributed by atoms with Gasteiger partial charge in [0.2, 0.25) is 0 Å². The van der Waals surface area contributed by atoms with Crippen molar-refractivity contribution in [1.29, 1.82) is 0 Å². The first-order valence-electron chi connectivity index (χ1n) is 9.10. The smallest absolute Gasteiger partial charge is 0.165 e. The minimum Gasteiger partial charge on any atom is -0.368 e. The zero-order valence-corrected chi connectivity index (χ0v) is 15.4. The molecule has 1 saturated carbocycles. The molecule has 0 unspecified atom stereocenters. The molecule has 1 aliphatic carbocycles. The summed E-state index contributed by atoms with van der Waals surface area (Å²) in [6.45, 7) is 8.37. The van der Waals surface area contributed by atoms with Crippen LogP contribution in [-0.2, 0) is 0 Å². The van der Waals surface area contributed by atoms with E-state index in [0.717, 1.165) is 35.6 Å². The normalized spacial score (nSPS) is 17.4. The standard InChI is InChI=1S/C19H29N5/c1-5-24(4)19(9-7-6-8-10-19)12-20-17-16-14(2)11-15(3)23-18(16)22-13-21-17/h11,13H,5-10,12H2,1-4H3,(H,20,21,22,23). The lowest BCUT2D eigenvalue weighted by Crippen LogP contribution is -2.52. The van der Waals surface area contributed by atoms with E-state index in [-0.39, 0.29) is 5.54 Å². The fourth-order valence-corrected chi connectivity index (χ4v) is 4.03. The monoisotopic (exact) mass is 327 g/mol.